The number of ether oxygens (including phenoxy) is 3. The quantitative estimate of drug-likeness (QED) is 0.370. The van der Waals surface area contributed by atoms with Crippen molar-refractivity contribution in [3.63, 3.8) is 0 Å². The molecule has 3 rings (SSSR count). The molecule has 1 aliphatic rings. The molecule has 1 amide bonds. The number of hydrogen-bond donors (Lipinski definition) is 1. The Kier molecular flexibility index (Phi) is 7.57. The van der Waals surface area contributed by atoms with E-state index < -0.39 is 59.0 Å². The van der Waals surface area contributed by atoms with Crippen molar-refractivity contribution in [2.75, 3.05) is 26.2 Å². The van der Waals surface area contributed by atoms with Crippen LogP contribution in [-0.2, 0) is 21.9 Å². The molecule has 202 valence electrons. The number of nitrogens with zero attached hydrogens (tertiary/aromatic N) is 1. The van der Waals surface area contributed by atoms with E-state index in [-0.39, 0.29) is 35.2 Å². The summed E-state index contributed by atoms with van der Waals surface area (Å²) in [6.07, 6.45) is -11.7. The maximum absolute atomic E-state index is 13.6. The summed E-state index contributed by atoms with van der Waals surface area (Å²) < 4.78 is 96.7. The molecular formula is C24H23F6NO6. The number of carboxylic acid groups (broad SMARTS) is 1. The van der Waals surface area contributed by atoms with Gasteiger partial charge in [-0.3, -0.25) is 9.69 Å². The number of amides is 1. The summed E-state index contributed by atoms with van der Waals surface area (Å²) in [5.41, 5.74) is -3.55. The van der Waals surface area contributed by atoms with Crippen molar-refractivity contribution < 1.29 is 55.2 Å². The Morgan fingerprint density at radius 1 is 0.919 bits per heavy atom. The Hall–Kier alpha value is -3.64. The van der Waals surface area contributed by atoms with Gasteiger partial charge in [-0.25, -0.2) is 4.79 Å². The topological polar surface area (TPSA) is 85.3 Å². The Bertz CT molecular complexity index is 1160. The number of hydrogen-bond acceptors (Lipinski definition) is 5. The number of methoxy groups -OCH3 is 3. The summed E-state index contributed by atoms with van der Waals surface area (Å²) in [5.74, 6) is -3.54. The van der Waals surface area contributed by atoms with Crippen LogP contribution in [0.25, 0.3) is 0 Å². The number of anilines is 1. The average Bonchev–Trinajstić information content (AvgIpc) is 2.81. The summed E-state index contributed by atoms with van der Waals surface area (Å²) in [4.78, 5) is 26.0. The average molecular weight is 535 g/mol. The van der Waals surface area contributed by atoms with Gasteiger partial charge in [-0.05, 0) is 48.7 Å². The molecule has 0 spiro atoms. The zero-order chi connectivity index (χ0) is 27.9. The van der Waals surface area contributed by atoms with Crippen LogP contribution in [0.1, 0.15) is 47.4 Å². The first-order chi connectivity index (χ1) is 17.1. The van der Waals surface area contributed by atoms with Crippen molar-refractivity contribution in [2.45, 2.75) is 43.6 Å². The number of fused-ring (bicyclic) bond motifs is 1. The van der Waals surface area contributed by atoms with Gasteiger partial charge in [0.05, 0.1) is 44.1 Å². The van der Waals surface area contributed by atoms with Gasteiger partial charge in [0, 0.05) is 18.0 Å². The first-order valence-corrected chi connectivity index (χ1v) is 10.8. The van der Waals surface area contributed by atoms with E-state index in [1.807, 2.05) is 0 Å². The summed E-state index contributed by atoms with van der Waals surface area (Å²) in [5, 5.41) is 9.81. The second kappa shape index (κ2) is 10.0. The third kappa shape index (κ3) is 5.39. The van der Waals surface area contributed by atoms with Gasteiger partial charge in [-0.1, -0.05) is 0 Å². The SMILES string of the molecule is COC(=O)C(c1cc(C(F)(F)F)cc(C(F)(F)F)c1)C1CC(C)N(C(=O)O)c2cc(OC)c(OC)cc21. The molecular weight excluding hydrogens is 512 g/mol. The fourth-order valence-electron chi connectivity index (χ4n) is 4.65. The van der Waals surface area contributed by atoms with E-state index in [1.54, 1.807) is 0 Å². The zero-order valence-electron chi connectivity index (χ0n) is 20.0. The van der Waals surface area contributed by atoms with Crippen LogP contribution in [0.2, 0.25) is 0 Å². The molecule has 3 unspecified atom stereocenters. The summed E-state index contributed by atoms with van der Waals surface area (Å²) in [7, 11) is 3.55. The van der Waals surface area contributed by atoms with Gasteiger partial charge in [0.15, 0.2) is 11.5 Å². The van der Waals surface area contributed by atoms with Crippen LogP contribution >= 0.6 is 0 Å². The second-order valence-electron chi connectivity index (χ2n) is 8.45. The maximum atomic E-state index is 13.6. The molecule has 0 bridgehead atoms. The van der Waals surface area contributed by atoms with Crippen LogP contribution < -0.4 is 14.4 Å². The fourth-order valence-corrected chi connectivity index (χ4v) is 4.65. The second-order valence-corrected chi connectivity index (χ2v) is 8.45. The van der Waals surface area contributed by atoms with Gasteiger partial charge >= 0.3 is 24.4 Å². The largest absolute Gasteiger partial charge is 0.493 e. The van der Waals surface area contributed by atoms with Crippen molar-refractivity contribution in [1.29, 1.82) is 0 Å². The smallest absolute Gasteiger partial charge is 0.416 e. The fraction of sp³-hybridized carbons (Fsp3) is 0.417. The molecule has 0 aliphatic carbocycles. The van der Waals surface area contributed by atoms with Gasteiger partial charge < -0.3 is 19.3 Å². The van der Waals surface area contributed by atoms with Crippen LogP contribution in [0, 0.1) is 0 Å². The maximum Gasteiger partial charge on any atom is 0.416 e. The highest BCUT2D eigenvalue weighted by Crippen LogP contribution is 2.50. The minimum Gasteiger partial charge on any atom is -0.493 e. The van der Waals surface area contributed by atoms with Crippen molar-refractivity contribution in [2.24, 2.45) is 0 Å². The Balaban J connectivity index is 2.34. The lowest BCUT2D eigenvalue weighted by molar-refractivity contribution is -0.145. The van der Waals surface area contributed by atoms with E-state index in [1.165, 1.54) is 33.3 Å². The van der Waals surface area contributed by atoms with Crippen LogP contribution in [0.4, 0.5) is 36.8 Å². The van der Waals surface area contributed by atoms with Crippen LogP contribution in [0.5, 0.6) is 11.5 Å². The van der Waals surface area contributed by atoms with Crippen LogP contribution in [-0.4, -0.2) is 44.5 Å². The van der Waals surface area contributed by atoms with E-state index in [0.717, 1.165) is 12.0 Å². The molecule has 1 heterocycles. The van der Waals surface area contributed by atoms with E-state index in [9.17, 15) is 41.0 Å². The highest BCUT2D eigenvalue weighted by molar-refractivity contribution is 5.91. The monoisotopic (exact) mass is 535 g/mol. The molecule has 2 aromatic rings. The van der Waals surface area contributed by atoms with Gasteiger partial charge in [-0.15, -0.1) is 0 Å². The number of carbonyl (C=O) groups is 2. The molecule has 1 aliphatic heterocycles. The highest BCUT2D eigenvalue weighted by atomic mass is 19.4. The van der Waals surface area contributed by atoms with E-state index in [0.29, 0.717) is 12.1 Å². The molecule has 0 aromatic heterocycles. The predicted octanol–water partition coefficient (Wildman–Crippen LogP) is 6.06. The summed E-state index contributed by atoms with van der Waals surface area (Å²) >= 11 is 0. The van der Waals surface area contributed by atoms with Crippen molar-refractivity contribution in [3.05, 3.63) is 52.6 Å². The standard InChI is InChI=1S/C24H23F6NO6/c1-11-5-16(15-9-18(35-2)19(36-3)10-17(15)31(11)22(33)34)20(21(32)37-4)12-6-13(23(25,26)27)8-14(7-12)24(28,29)30/h6-11,16,20H,5H2,1-4H3,(H,33,34). The Morgan fingerprint density at radius 3 is 1.86 bits per heavy atom. The van der Waals surface area contributed by atoms with Crippen molar-refractivity contribution in [3.8, 4) is 11.5 Å². The third-order valence-corrected chi connectivity index (χ3v) is 6.26. The molecule has 1 N–H and O–H groups in total. The third-order valence-electron chi connectivity index (χ3n) is 6.26. The lowest BCUT2D eigenvalue weighted by Crippen LogP contribution is -2.44. The molecule has 7 nitrogen and oxygen atoms in total. The minimum absolute atomic E-state index is 0.0324. The summed E-state index contributed by atoms with van der Waals surface area (Å²) in [6.45, 7) is 1.50. The van der Waals surface area contributed by atoms with Gasteiger partial charge in [-0.2, -0.15) is 26.3 Å². The molecule has 0 fully saturated rings. The van der Waals surface area contributed by atoms with Crippen LogP contribution in [0.3, 0.4) is 0 Å². The van der Waals surface area contributed by atoms with Crippen molar-refractivity contribution in [1.82, 2.24) is 0 Å². The van der Waals surface area contributed by atoms with Crippen molar-refractivity contribution >= 4 is 17.7 Å². The van der Waals surface area contributed by atoms with E-state index in [4.69, 9.17) is 14.2 Å². The highest BCUT2D eigenvalue weighted by Gasteiger charge is 2.44. The first-order valence-electron chi connectivity index (χ1n) is 10.8. The van der Waals surface area contributed by atoms with E-state index in [2.05, 4.69) is 0 Å². The van der Waals surface area contributed by atoms with Gasteiger partial charge in [0.1, 0.15) is 0 Å². The first kappa shape index (κ1) is 27.9. The van der Waals surface area contributed by atoms with Gasteiger partial charge in [0.2, 0.25) is 0 Å². The molecule has 0 radical (unpaired) electrons. The molecule has 3 atom stereocenters. The predicted molar refractivity (Wildman–Crippen MR) is 118 cm³/mol. The molecule has 37 heavy (non-hydrogen) atoms. The number of halogens is 6. The minimum atomic E-state index is -5.13. The lowest BCUT2D eigenvalue weighted by Gasteiger charge is -2.40. The Morgan fingerprint density at radius 2 is 1.43 bits per heavy atom. The molecule has 2 aromatic carbocycles. The number of carbonyl (C=O) groups excluding carboxylic acids is 1. The van der Waals surface area contributed by atoms with Crippen LogP contribution in [0.15, 0.2) is 30.3 Å². The molecule has 0 saturated carbocycles. The van der Waals surface area contributed by atoms with Gasteiger partial charge in [0.25, 0.3) is 0 Å². The number of benzene rings is 2. The number of esters is 1. The summed E-state index contributed by atoms with van der Waals surface area (Å²) in [6, 6.07) is 2.79. The number of alkyl halides is 6. The molecule has 0 saturated heterocycles. The Labute approximate surface area is 207 Å². The van der Waals surface area contributed by atoms with E-state index >= 15 is 0 Å². The number of rotatable bonds is 5. The zero-order valence-corrected chi connectivity index (χ0v) is 20.0. The lowest BCUT2D eigenvalue weighted by atomic mass is 9.74. The molecule has 13 heteroatoms. The normalized spacial score (nSPS) is 18.6.